The number of carboxylic acid groups (broad SMARTS) is 1. The predicted octanol–water partition coefficient (Wildman–Crippen LogP) is 1.18. The first kappa shape index (κ1) is 14.8. The fourth-order valence-electron chi connectivity index (χ4n) is 2.34. The van der Waals surface area contributed by atoms with Crippen LogP contribution >= 0.6 is 0 Å². The van der Waals surface area contributed by atoms with Crippen LogP contribution in [-0.4, -0.2) is 43.8 Å². The van der Waals surface area contributed by atoms with Gasteiger partial charge in [0.1, 0.15) is 10.7 Å². The van der Waals surface area contributed by atoms with Crippen LogP contribution in [0.5, 0.6) is 0 Å². The number of nitrogens with zero attached hydrogens (tertiary/aromatic N) is 2. The Kier molecular flexibility index (Phi) is 3.73. The van der Waals surface area contributed by atoms with Crippen molar-refractivity contribution >= 4 is 21.6 Å². The largest absolute Gasteiger partial charge is 0.481 e. The second-order valence-corrected chi connectivity index (χ2v) is 7.43. The van der Waals surface area contributed by atoms with Gasteiger partial charge >= 0.3 is 5.97 Å². The lowest BCUT2D eigenvalue weighted by Gasteiger charge is -2.37. The van der Waals surface area contributed by atoms with Crippen molar-refractivity contribution in [3.63, 3.8) is 0 Å². The third-order valence-corrected chi connectivity index (χ3v) is 4.95. The number of pyridine rings is 1. The highest BCUT2D eigenvalue weighted by Gasteiger charge is 2.37. The standard InChI is InChI=1S/C13H18N2O4S/c1-13(12(16)17)5-8-15(9-6-13)11-10(20(2,18)19)4-3-7-14-11/h3-4,7H,5-6,8-9H2,1-2H3,(H,16,17). The van der Waals surface area contributed by atoms with Crippen LogP contribution in [0.25, 0.3) is 0 Å². The first-order valence-corrected chi connectivity index (χ1v) is 8.27. The van der Waals surface area contributed by atoms with Crippen LogP contribution in [-0.2, 0) is 14.6 Å². The summed E-state index contributed by atoms with van der Waals surface area (Å²) < 4.78 is 23.5. The van der Waals surface area contributed by atoms with Crippen LogP contribution in [0.15, 0.2) is 23.2 Å². The zero-order valence-electron chi connectivity index (χ0n) is 11.5. The van der Waals surface area contributed by atoms with Gasteiger partial charge in [-0.1, -0.05) is 0 Å². The minimum Gasteiger partial charge on any atom is -0.481 e. The summed E-state index contributed by atoms with van der Waals surface area (Å²) in [5.74, 6) is -0.385. The Morgan fingerprint density at radius 2 is 2.00 bits per heavy atom. The second-order valence-electron chi connectivity index (χ2n) is 5.45. The van der Waals surface area contributed by atoms with Crippen molar-refractivity contribution in [1.82, 2.24) is 4.98 Å². The summed E-state index contributed by atoms with van der Waals surface area (Å²) in [6, 6.07) is 3.12. The van der Waals surface area contributed by atoms with Gasteiger partial charge in [-0.25, -0.2) is 13.4 Å². The van der Waals surface area contributed by atoms with Gasteiger partial charge in [0, 0.05) is 25.5 Å². The highest BCUT2D eigenvalue weighted by atomic mass is 32.2. The Morgan fingerprint density at radius 3 is 2.50 bits per heavy atom. The molecule has 0 aromatic carbocycles. The quantitative estimate of drug-likeness (QED) is 0.901. The van der Waals surface area contributed by atoms with Crippen molar-refractivity contribution < 1.29 is 18.3 Å². The van der Waals surface area contributed by atoms with Gasteiger partial charge in [0.25, 0.3) is 0 Å². The van der Waals surface area contributed by atoms with Gasteiger partial charge in [-0.2, -0.15) is 0 Å². The Balaban J connectivity index is 2.26. The summed E-state index contributed by atoms with van der Waals surface area (Å²) in [5, 5.41) is 9.21. The van der Waals surface area contributed by atoms with E-state index in [9.17, 15) is 18.3 Å². The van der Waals surface area contributed by atoms with E-state index in [0.717, 1.165) is 6.26 Å². The fraction of sp³-hybridized carbons (Fsp3) is 0.538. The van der Waals surface area contributed by atoms with Crippen LogP contribution in [0.4, 0.5) is 5.82 Å². The van der Waals surface area contributed by atoms with Gasteiger partial charge < -0.3 is 10.0 Å². The Bertz CT molecular complexity index is 619. The highest BCUT2D eigenvalue weighted by molar-refractivity contribution is 7.90. The minimum atomic E-state index is -3.35. The number of carbonyl (C=O) groups is 1. The SMILES string of the molecule is CC1(C(=O)O)CCN(c2ncccc2S(C)(=O)=O)CC1. The number of sulfone groups is 1. The lowest BCUT2D eigenvalue weighted by atomic mass is 9.80. The summed E-state index contributed by atoms with van der Waals surface area (Å²) in [4.78, 5) is 17.4. The molecule has 0 bridgehead atoms. The number of rotatable bonds is 3. The van der Waals surface area contributed by atoms with E-state index in [-0.39, 0.29) is 4.90 Å². The Morgan fingerprint density at radius 1 is 1.40 bits per heavy atom. The molecule has 1 aromatic rings. The molecular formula is C13H18N2O4S. The monoisotopic (exact) mass is 298 g/mol. The first-order valence-electron chi connectivity index (χ1n) is 6.37. The maximum absolute atomic E-state index is 11.8. The average molecular weight is 298 g/mol. The normalized spacial score (nSPS) is 18.8. The molecule has 2 rings (SSSR count). The number of hydrogen-bond acceptors (Lipinski definition) is 5. The minimum absolute atomic E-state index is 0.193. The van der Waals surface area contributed by atoms with Crippen molar-refractivity contribution in [2.24, 2.45) is 5.41 Å². The molecule has 1 aromatic heterocycles. The summed E-state index contributed by atoms with van der Waals surface area (Å²) in [6.07, 6.45) is 3.65. The molecule has 0 saturated carbocycles. The molecule has 1 aliphatic heterocycles. The van der Waals surface area contributed by atoms with E-state index < -0.39 is 21.2 Å². The van der Waals surface area contributed by atoms with Crippen molar-refractivity contribution in [3.8, 4) is 0 Å². The number of anilines is 1. The maximum Gasteiger partial charge on any atom is 0.309 e. The second kappa shape index (κ2) is 5.05. The first-order chi connectivity index (χ1) is 9.24. The predicted molar refractivity (Wildman–Crippen MR) is 74.5 cm³/mol. The van der Waals surface area contributed by atoms with Gasteiger partial charge in [0.2, 0.25) is 0 Å². The lowest BCUT2D eigenvalue weighted by Crippen LogP contribution is -2.43. The van der Waals surface area contributed by atoms with E-state index in [2.05, 4.69) is 4.98 Å². The molecule has 1 aliphatic rings. The third-order valence-electron chi connectivity index (χ3n) is 3.83. The average Bonchev–Trinajstić information content (AvgIpc) is 2.38. The molecule has 1 saturated heterocycles. The van der Waals surface area contributed by atoms with Gasteiger partial charge in [-0.3, -0.25) is 4.79 Å². The van der Waals surface area contributed by atoms with Crippen molar-refractivity contribution in [1.29, 1.82) is 0 Å². The molecule has 0 spiro atoms. The summed E-state index contributed by atoms with van der Waals surface area (Å²) >= 11 is 0. The van der Waals surface area contributed by atoms with Crippen molar-refractivity contribution in [3.05, 3.63) is 18.3 Å². The fourth-order valence-corrected chi connectivity index (χ4v) is 3.17. The molecular weight excluding hydrogens is 280 g/mol. The van der Waals surface area contributed by atoms with Crippen LogP contribution < -0.4 is 4.90 Å². The molecule has 7 heteroatoms. The molecule has 6 nitrogen and oxygen atoms in total. The molecule has 110 valence electrons. The molecule has 0 unspecified atom stereocenters. The molecule has 0 atom stereocenters. The summed E-state index contributed by atoms with van der Waals surface area (Å²) in [6.45, 7) is 2.70. The summed E-state index contributed by atoms with van der Waals surface area (Å²) in [7, 11) is -3.35. The van der Waals surface area contributed by atoms with Gasteiger partial charge in [-0.15, -0.1) is 0 Å². The zero-order chi connectivity index (χ0) is 15.0. The Hall–Kier alpha value is -1.63. The number of aliphatic carboxylic acids is 1. The maximum atomic E-state index is 11.8. The molecule has 0 radical (unpaired) electrons. The van der Waals surface area contributed by atoms with Crippen LogP contribution in [0.2, 0.25) is 0 Å². The number of carboxylic acids is 1. The topological polar surface area (TPSA) is 87.6 Å². The van der Waals surface area contributed by atoms with Crippen LogP contribution in [0.1, 0.15) is 19.8 Å². The Labute approximate surface area is 118 Å². The third kappa shape index (κ3) is 2.77. The zero-order valence-corrected chi connectivity index (χ0v) is 12.4. The van der Waals surface area contributed by atoms with Crippen molar-refractivity contribution in [2.75, 3.05) is 24.2 Å². The van der Waals surface area contributed by atoms with E-state index in [1.807, 2.05) is 4.90 Å². The smallest absolute Gasteiger partial charge is 0.309 e. The van der Waals surface area contributed by atoms with Crippen LogP contribution in [0.3, 0.4) is 0 Å². The molecule has 1 fully saturated rings. The number of piperidine rings is 1. The summed E-state index contributed by atoms with van der Waals surface area (Å²) in [5.41, 5.74) is -0.740. The number of aromatic nitrogens is 1. The molecule has 2 heterocycles. The van der Waals surface area contributed by atoms with E-state index in [0.29, 0.717) is 31.7 Å². The van der Waals surface area contributed by atoms with E-state index in [1.54, 1.807) is 19.2 Å². The molecule has 1 N–H and O–H groups in total. The van der Waals surface area contributed by atoms with E-state index in [1.165, 1.54) is 6.07 Å². The van der Waals surface area contributed by atoms with Crippen molar-refractivity contribution in [2.45, 2.75) is 24.7 Å². The van der Waals surface area contributed by atoms with Gasteiger partial charge in [0.15, 0.2) is 9.84 Å². The van der Waals surface area contributed by atoms with E-state index in [4.69, 9.17) is 0 Å². The van der Waals surface area contributed by atoms with Gasteiger partial charge in [0.05, 0.1) is 5.41 Å². The lowest BCUT2D eigenvalue weighted by molar-refractivity contribution is -0.149. The van der Waals surface area contributed by atoms with E-state index >= 15 is 0 Å². The van der Waals surface area contributed by atoms with Gasteiger partial charge in [-0.05, 0) is 31.9 Å². The number of hydrogen-bond donors (Lipinski definition) is 1. The highest BCUT2D eigenvalue weighted by Crippen LogP contribution is 2.34. The molecule has 0 amide bonds. The molecule has 20 heavy (non-hydrogen) atoms. The van der Waals surface area contributed by atoms with Crippen LogP contribution in [0, 0.1) is 5.41 Å². The molecule has 0 aliphatic carbocycles.